The van der Waals surface area contributed by atoms with Crippen molar-refractivity contribution in [2.24, 2.45) is 5.84 Å². The minimum absolute atomic E-state index is 0.205. The highest BCUT2D eigenvalue weighted by Crippen LogP contribution is 1.88. The van der Waals surface area contributed by atoms with E-state index in [2.05, 4.69) is 5.43 Å². The molecule has 4 nitrogen and oxygen atoms in total. The van der Waals surface area contributed by atoms with Gasteiger partial charge in [-0.3, -0.25) is 10.2 Å². The zero-order valence-electron chi connectivity index (χ0n) is 6.95. The summed E-state index contributed by atoms with van der Waals surface area (Å²) in [6.07, 6.45) is 3.68. The number of aromatic nitrogens is 1. The predicted octanol–water partition coefficient (Wildman–Crippen LogP) is -0.728. The van der Waals surface area contributed by atoms with Gasteiger partial charge in [0.25, 0.3) is 5.91 Å². The molecule has 1 aromatic heterocycles. The van der Waals surface area contributed by atoms with Crippen LogP contribution in [0.5, 0.6) is 0 Å². The lowest BCUT2D eigenvalue weighted by Crippen LogP contribution is -2.44. The highest BCUT2D eigenvalue weighted by molar-refractivity contribution is 5.73. The first-order valence-corrected chi connectivity index (χ1v) is 3.67. The van der Waals surface area contributed by atoms with E-state index in [1.54, 1.807) is 4.57 Å². The van der Waals surface area contributed by atoms with Gasteiger partial charge in [-0.1, -0.05) is 0 Å². The second-order valence-corrected chi connectivity index (χ2v) is 2.62. The van der Waals surface area contributed by atoms with Crippen LogP contribution in [0.1, 0.15) is 5.56 Å². The molecule has 1 heterocycles. The molecule has 0 saturated heterocycles. The van der Waals surface area contributed by atoms with Gasteiger partial charge < -0.3 is 0 Å². The highest BCUT2D eigenvalue weighted by atomic mass is 16.2. The fourth-order valence-corrected chi connectivity index (χ4v) is 0.849. The van der Waals surface area contributed by atoms with Gasteiger partial charge in [-0.05, 0) is 12.5 Å². The summed E-state index contributed by atoms with van der Waals surface area (Å²) in [5, 5.41) is 0. The van der Waals surface area contributed by atoms with Crippen molar-refractivity contribution in [2.45, 2.75) is 13.5 Å². The smallest absolute Gasteiger partial charge is 0.289 e. The number of hydrogen-bond donors (Lipinski definition) is 2. The van der Waals surface area contributed by atoms with Gasteiger partial charge in [-0.25, -0.2) is 5.84 Å². The number of pyridine rings is 1. The van der Waals surface area contributed by atoms with E-state index in [1.807, 2.05) is 31.5 Å². The van der Waals surface area contributed by atoms with Gasteiger partial charge in [0.1, 0.15) is 0 Å². The summed E-state index contributed by atoms with van der Waals surface area (Å²) in [5.41, 5.74) is 3.23. The Labute approximate surface area is 71.0 Å². The van der Waals surface area contributed by atoms with E-state index in [0.29, 0.717) is 0 Å². The monoisotopic (exact) mass is 166 g/mol. The fourth-order valence-electron chi connectivity index (χ4n) is 0.849. The SMILES string of the molecule is Cc1cc[n+](CC(=O)NN)cc1. The normalized spacial score (nSPS) is 9.50. The van der Waals surface area contributed by atoms with Crippen LogP contribution in [-0.2, 0) is 11.3 Å². The summed E-state index contributed by atoms with van der Waals surface area (Å²) >= 11 is 0. The van der Waals surface area contributed by atoms with Gasteiger partial charge in [0.2, 0.25) is 6.54 Å². The van der Waals surface area contributed by atoms with Crippen molar-refractivity contribution >= 4 is 5.91 Å². The number of amides is 1. The standard InChI is InChI=1S/C8H11N3O/c1-7-2-4-11(5-3-7)6-8(12)10-9/h2-5H,6,9H2,1H3/p+1. The molecular weight excluding hydrogens is 154 g/mol. The van der Waals surface area contributed by atoms with Gasteiger partial charge in [-0.2, -0.15) is 4.57 Å². The van der Waals surface area contributed by atoms with Crippen molar-refractivity contribution in [2.75, 3.05) is 0 Å². The van der Waals surface area contributed by atoms with E-state index < -0.39 is 0 Å². The lowest BCUT2D eigenvalue weighted by molar-refractivity contribution is -0.684. The van der Waals surface area contributed by atoms with Gasteiger partial charge in [-0.15, -0.1) is 0 Å². The molecule has 0 spiro atoms. The maximum Gasteiger partial charge on any atom is 0.299 e. The molecule has 1 amide bonds. The molecule has 0 aromatic carbocycles. The Balaban J connectivity index is 2.64. The van der Waals surface area contributed by atoms with Crippen molar-refractivity contribution in [3.63, 3.8) is 0 Å². The molecular formula is C8H12N3O+. The maximum atomic E-state index is 10.8. The predicted molar refractivity (Wildman–Crippen MR) is 43.7 cm³/mol. The van der Waals surface area contributed by atoms with E-state index in [4.69, 9.17) is 5.84 Å². The summed E-state index contributed by atoms with van der Waals surface area (Å²) in [6.45, 7) is 2.25. The quantitative estimate of drug-likeness (QED) is 0.263. The Morgan fingerprint density at radius 3 is 2.67 bits per heavy atom. The summed E-state index contributed by atoms with van der Waals surface area (Å²) < 4.78 is 1.76. The number of carbonyl (C=O) groups excluding carboxylic acids is 1. The van der Waals surface area contributed by atoms with Crippen LogP contribution >= 0.6 is 0 Å². The number of aryl methyl sites for hydroxylation is 1. The van der Waals surface area contributed by atoms with Crippen molar-refractivity contribution in [3.05, 3.63) is 30.1 Å². The number of nitrogens with zero attached hydrogens (tertiary/aromatic N) is 1. The van der Waals surface area contributed by atoms with E-state index in [9.17, 15) is 4.79 Å². The number of hydrazine groups is 1. The minimum Gasteiger partial charge on any atom is -0.289 e. The van der Waals surface area contributed by atoms with Crippen molar-refractivity contribution in [3.8, 4) is 0 Å². The number of nitrogens with two attached hydrogens (primary N) is 1. The van der Waals surface area contributed by atoms with Crippen molar-refractivity contribution in [1.29, 1.82) is 0 Å². The third-order valence-electron chi connectivity index (χ3n) is 1.54. The first kappa shape index (κ1) is 8.67. The Kier molecular flexibility index (Phi) is 2.76. The molecule has 64 valence electrons. The van der Waals surface area contributed by atoms with E-state index in [1.165, 1.54) is 5.56 Å². The number of nitrogens with one attached hydrogen (secondary N) is 1. The second-order valence-electron chi connectivity index (χ2n) is 2.62. The molecule has 1 aromatic rings. The van der Waals surface area contributed by atoms with Crippen molar-refractivity contribution in [1.82, 2.24) is 5.43 Å². The Morgan fingerprint density at radius 1 is 1.58 bits per heavy atom. The van der Waals surface area contributed by atoms with Crippen LogP contribution < -0.4 is 15.8 Å². The van der Waals surface area contributed by atoms with Gasteiger partial charge in [0.15, 0.2) is 12.4 Å². The molecule has 1 rings (SSSR count). The number of rotatable bonds is 2. The molecule has 4 heteroatoms. The molecule has 0 bridgehead atoms. The van der Waals surface area contributed by atoms with Crippen molar-refractivity contribution < 1.29 is 9.36 Å². The van der Waals surface area contributed by atoms with Crippen LogP contribution in [0.25, 0.3) is 0 Å². The molecule has 0 aliphatic heterocycles. The Hall–Kier alpha value is -1.42. The Bertz CT molecular complexity index is 268. The van der Waals surface area contributed by atoms with Gasteiger partial charge in [0, 0.05) is 12.1 Å². The van der Waals surface area contributed by atoms with Gasteiger partial charge >= 0.3 is 0 Å². The summed E-state index contributed by atoms with van der Waals surface area (Å²) in [6, 6.07) is 3.87. The number of carbonyl (C=O) groups is 1. The average molecular weight is 166 g/mol. The third-order valence-corrected chi connectivity index (χ3v) is 1.54. The average Bonchev–Trinajstić information content (AvgIpc) is 2.09. The van der Waals surface area contributed by atoms with Crippen LogP contribution in [0.15, 0.2) is 24.5 Å². The number of hydrogen-bond acceptors (Lipinski definition) is 2. The van der Waals surface area contributed by atoms with E-state index in [-0.39, 0.29) is 12.5 Å². The maximum absolute atomic E-state index is 10.8. The molecule has 3 N–H and O–H groups in total. The highest BCUT2D eigenvalue weighted by Gasteiger charge is 2.05. The second kappa shape index (κ2) is 3.82. The van der Waals surface area contributed by atoms with Crippen LogP contribution in [0.4, 0.5) is 0 Å². The molecule has 0 unspecified atom stereocenters. The molecule has 0 radical (unpaired) electrons. The van der Waals surface area contributed by atoms with Gasteiger partial charge in [0.05, 0.1) is 0 Å². The van der Waals surface area contributed by atoms with E-state index >= 15 is 0 Å². The minimum atomic E-state index is -0.205. The van der Waals surface area contributed by atoms with Crippen LogP contribution in [0.3, 0.4) is 0 Å². The lowest BCUT2D eigenvalue weighted by atomic mass is 10.3. The van der Waals surface area contributed by atoms with E-state index in [0.717, 1.165) is 0 Å². The van der Waals surface area contributed by atoms with Crippen LogP contribution in [-0.4, -0.2) is 5.91 Å². The first-order valence-electron chi connectivity index (χ1n) is 3.67. The molecule has 0 atom stereocenters. The molecule has 0 aliphatic carbocycles. The molecule has 0 saturated carbocycles. The molecule has 0 aliphatic rings. The summed E-state index contributed by atoms with van der Waals surface area (Å²) in [7, 11) is 0. The Morgan fingerprint density at radius 2 is 2.17 bits per heavy atom. The molecule has 0 fully saturated rings. The zero-order valence-corrected chi connectivity index (χ0v) is 6.95. The first-order chi connectivity index (χ1) is 5.72. The summed E-state index contributed by atoms with van der Waals surface area (Å²) in [4.78, 5) is 10.8. The lowest BCUT2D eigenvalue weighted by Gasteiger charge is -1.95. The topological polar surface area (TPSA) is 59.0 Å². The van der Waals surface area contributed by atoms with Crippen LogP contribution in [0.2, 0.25) is 0 Å². The zero-order chi connectivity index (χ0) is 8.97. The van der Waals surface area contributed by atoms with Crippen LogP contribution in [0, 0.1) is 6.92 Å². The largest absolute Gasteiger partial charge is 0.299 e. The molecule has 12 heavy (non-hydrogen) atoms. The summed E-state index contributed by atoms with van der Waals surface area (Å²) in [5.74, 6) is 4.73. The fraction of sp³-hybridized carbons (Fsp3) is 0.250. The third kappa shape index (κ3) is 2.32.